The molecule has 13 heteroatoms. The van der Waals surface area contributed by atoms with Crippen molar-refractivity contribution in [1.29, 1.82) is 0 Å². The minimum atomic E-state index is -1.18. The fourth-order valence-electron chi connectivity index (χ4n) is 4.86. The van der Waals surface area contributed by atoms with Crippen LogP contribution in [0.1, 0.15) is 59.9 Å². The third-order valence-electron chi connectivity index (χ3n) is 6.90. The second kappa shape index (κ2) is 16.7. The molecule has 0 bridgehead atoms. The van der Waals surface area contributed by atoms with Gasteiger partial charge in [-0.15, -0.1) is 6.58 Å². The van der Waals surface area contributed by atoms with E-state index in [2.05, 4.69) is 22.5 Å². The fourth-order valence-corrected chi connectivity index (χ4v) is 4.86. The lowest BCUT2D eigenvalue weighted by Crippen LogP contribution is -2.59. The number of carbonyl (C=O) groups excluding carboxylic acids is 6. The molecule has 0 aromatic heterocycles. The fraction of sp³-hybridized carbons (Fsp3) is 0.562. The van der Waals surface area contributed by atoms with Crippen LogP contribution < -0.4 is 16.0 Å². The summed E-state index contributed by atoms with van der Waals surface area (Å²) in [6.07, 6.45) is 1.26. The van der Waals surface area contributed by atoms with Gasteiger partial charge in [-0.3, -0.25) is 24.0 Å². The van der Waals surface area contributed by atoms with E-state index in [1.165, 1.54) is 30.0 Å². The molecule has 13 nitrogen and oxygen atoms in total. The molecule has 2 rings (SSSR count). The third-order valence-corrected chi connectivity index (χ3v) is 6.90. The van der Waals surface area contributed by atoms with E-state index < -0.39 is 71.4 Å². The van der Waals surface area contributed by atoms with Gasteiger partial charge in [0.25, 0.3) is 0 Å². The Morgan fingerprint density at radius 1 is 1.09 bits per heavy atom. The smallest absolute Gasteiger partial charge is 0.308 e. The maximum absolute atomic E-state index is 14.0. The second-order valence-corrected chi connectivity index (χ2v) is 12.4. The highest BCUT2D eigenvalue weighted by atomic mass is 16.6. The zero-order valence-corrected chi connectivity index (χ0v) is 26.8. The zero-order chi connectivity index (χ0) is 33.9. The number of aldehydes is 1. The Morgan fingerprint density at radius 2 is 1.73 bits per heavy atom. The van der Waals surface area contributed by atoms with Crippen LogP contribution in [0.4, 0.5) is 0 Å². The minimum Gasteiger partial charge on any atom is -0.508 e. The first kappa shape index (κ1) is 36.9. The molecule has 1 heterocycles. The van der Waals surface area contributed by atoms with E-state index in [0.717, 1.165) is 0 Å². The van der Waals surface area contributed by atoms with E-state index in [4.69, 9.17) is 9.47 Å². The van der Waals surface area contributed by atoms with Crippen molar-refractivity contribution in [3.8, 4) is 5.75 Å². The number of phenolic OH excluding ortho intramolecular Hbond substituents is 1. The maximum atomic E-state index is 14.0. The SMILES string of the molecule is C=CCO[C@@H]1C[C@@H](C(=O)N[C@H](C=O)CC(=O)OC(C)(C)C)N(C(=O)[C@@H](NC(=O)[C@H](Cc2ccc(O)cc2)NC(C)=O)C(C)C)C1. The first-order chi connectivity index (χ1) is 21.0. The van der Waals surface area contributed by atoms with Gasteiger partial charge in [0.1, 0.15) is 35.8 Å². The van der Waals surface area contributed by atoms with Gasteiger partial charge in [0.15, 0.2) is 0 Å². The monoisotopic (exact) mass is 630 g/mol. The largest absolute Gasteiger partial charge is 0.508 e. The molecule has 0 saturated carbocycles. The molecule has 1 fully saturated rings. The van der Waals surface area contributed by atoms with Gasteiger partial charge in [-0.2, -0.15) is 0 Å². The number of likely N-dealkylation sites (tertiary alicyclic amines) is 1. The Kier molecular flexibility index (Phi) is 13.7. The number of hydrogen-bond acceptors (Lipinski definition) is 9. The van der Waals surface area contributed by atoms with Crippen LogP contribution in [0, 0.1) is 5.92 Å². The maximum Gasteiger partial charge on any atom is 0.308 e. The van der Waals surface area contributed by atoms with Crippen molar-refractivity contribution >= 4 is 35.9 Å². The van der Waals surface area contributed by atoms with Crippen LogP contribution in [0.2, 0.25) is 0 Å². The van der Waals surface area contributed by atoms with Crippen molar-refractivity contribution in [3.05, 3.63) is 42.5 Å². The molecule has 0 spiro atoms. The van der Waals surface area contributed by atoms with Crippen molar-refractivity contribution in [2.45, 2.75) is 96.7 Å². The van der Waals surface area contributed by atoms with Gasteiger partial charge in [0, 0.05) is 26.3 Å². The molecule has 1 aliphatic rings. The molecule has 248 valence electrons. The third kappa shape index (κ3) is 12.0. The van der Waals surface area contributed by atoms with Crippen LogP contribution in [0.15, 0.2) is 36.9 Å². The summed E-state index contributed by atoms with van der Waals surface area (Å²) in [7, 11) is 0. The topological polar surface area (TPSA) is 180 Å². The van der Waals surface area contributed by atoms with Gasteiger partial charge in [-0.1, -0.05) is 32.1 Å². The van der Waals surface area contributed by atoms with E-state index >= 15 is 0 Å². The highest BCUT2D eigenvalue weighted by molar-refractivity contribution is 5.95. The standard InChI is InChI=1S/C32H46N4O9/c1-8-13-44-24-16-26(30(42)34-22(18-37)15-27(40)45-32(5,6)7)36(17-24)31(43)28(19(2)3)35-29(41)25(33-20(4)38)14-21-9-11-23(39)12-10-21/h8-12,18-19,22,24-26,28,39H,1,13-17H2,2-7H3,(H,33,38)(H,34,42)(H,35,41)/t22-,24+,25-,26-,28-/m0/s1. The van der Waals surface area contributed by atoms with Gasteiger partial charge < -0.3 is 40.2 Å². The first-order valence-corrected chi connectivity index (χ1v) is 14.9. The van der Waals surface area contributed by atoms with Crippen molar-refractivity contribution in [1.82, 2.24) is 20.9 Å². The molecular weight excluding hydrogens is 584 g/mol. The highest BCUT2D eigenvalue weighted by Crippen LogP contribution is 2.24. The van der Waals surface area contributed by atoms with E-state index in [-0.39, 0.29) is 38.2 Å². The summed E-state index contributed by atoms with van der Waals surface area (Å²) in [6, 6.07) is 1.82. The first-order valence-electron chi connectivity index (χ1n) is 14.9. The van der Waals surface area contributed by atoms with Gasteiger partial charge in [-0.25, -0.2) is 0 Å². The van der Waals surface area contributed by atoms with Crippen LogP contribution in [-0.4, -0.2) is 94.9 Å². The summed E-state index contributed by atoms with van der Waals surface area (Å²) in [5.41, 5.74) is -0.109. The Morgan fingerprint density at radius 3 is 2.27 bits per heavy atom. The number of rotatable bonds is 15. The van der Waals surface area contributed by atoms with Crippen LogP contribution >= 0.6 is 0 Å². The number of benzene rings is 1. The summed E-state index contributed by atoms with van der Waals surface area (Å²) in [6.45, 7) is 13.6. The number of phenols is 1. The molecular formula is C32H46N4O9. The number of hydrogen-bond donors (Lipinski definition) is 4. The quantitative estimate of drug-likeness (QED) is 0.126. The van der Waals surface area contributed by atoms with Crippen molar-refractivity contribution in [2.75, 3.05) is 13.2 Å². The normalized spacial score (nSPS) is 18.3. The van der Waals surface area contributed by atoms with E-state index in [9.17, 15) is 33.9 Å². The molecule has 1 aromatic rings. The predicted molar refractivity (Wildman–Crippen MR) is 165 cm³/mol. The Labute approximate surface area is 264 Å². The molecule has 1 aliphatic heterocycles. The molecule has 4 amide bonds. The summed E-state index contributed by atoms with van der Waals surface area (Å²) < 4.78 is 11.0. The van der Waals surface area contributed by atoms with Gasteiger partial charge >= 0.3 is 5.97 Å². The number of amides is 4. The summed E-state index contributed by atoms with van der Waals surface area (Å²) >= 11 is 0. The highest BCUT2D eigenvalue weighted by Gasteiger charge is 2.44. The lowest BCUT2D eigenvalue weighted by molar-refractivity contribution is -0.156. The molecule has 0 unspecified atom stereocenters. The van der Waals surface area contributed by atoms with Crippen LogP contribution in [0.25, 0.3) is 0 Å². The molecule has 1 saturated heterocycles. The number of nitrogens with one attached hydrogen (secondary N) is 3. The Balaban J connectivity index is 2.27. The summed E-state index contributed by atoms with van der Waals surface area (Å²) in [5.74, 6) is -3.31. The lowest BCUT2D eigenvalue weighted by Gasteiger charge is -2.31. The number of carbonyl (C=O) groups is 6. The van der Waals surface area contributed by atoms with E-state index in [1.54, 1.807) is 46.8 Å². The van der Waals surface area contributed by atoms with Gasteiger partial charge in [0.2, 0.25) is 23.6 Å². The second-order valence-electron chi connectivity index (χ2n) is 12.4. The minimum absolute atomic E-state index is 0.0320. The molecule has 4 N–H and O–H groups in total. The number of nitrogens with zero attached hydrogens (tertiary/aromatic N) is 1. The van der Waals surface area contributed by atoms with Crippen LogP contribution in [0.3, 0.4) is 0 Å². The van der Waals surface area contributed by atoms with Crippen molar-refractivity contribution in [2.24, 2.45) is 5.92 Å². The van der Waals surface area contributed by atoms with Crippen LogP contribution in [-0.2, 0) is 44.7 Å². The number of aromatic hydroxyl groups is 1. The summed E-state index contributed by atoms with van der Waals surface area (Å²) in [4.78, 5) is 78.1. The zero-order valence-electron chi connectivity index (χ0n) is 26.8. The molecule has 0 aliphatic carbocycles. The number of ether oxygens (including phenoxy) is 2. The average Bonchev–Trinajstić information content (AvgIpc) is 3.37. The average molecular weight is 631 g/mol. The Bertz CT molecular complexity index is 1230. The molecule has 5 atom stereocenters. The molecule has 45 heavy (non-hydrogen) atoms. The van der Waals surface area contributed by atoms with Crippen LogP contribution in [0.5, 0.6) is 5.75 Å². The van der Waals surface area contributed by atoms with Crippen molar-refractivity contribution in [3.63, 3.8) is 0 Å². The molecule has 0 radical (unpaired) electrons. The van der Waals surface area contributed by atoms with Gasteiger partial charge in [0.05, 0.1) is 25.2 Å². The lowest BCUT2D eigenvalue weighted by atomic mass is 10.00. The summed E-state index contributed by atoms with van der Waals surface area (Å²) in [5, 5.41) is 17.5. The van der Waals surface area contributed by atoms with Crippen molar-refractivity contribution < 1.29 is 43.3 Å². The van der Waals surface area contributed by atoms with E-state index in [0.29, 0.717) is 11.8 Å². The Hall–Kier alpha value is -4.26. The number of esters is 1. The molecule has 1 aromatic carbocycles. The predicted octanol–water partition coefficient (Wildman–Crippen LogP) is 1.17. The van der Waals surface area contributed by atoms with Gasteiger partial charge in [-0.05, 0) is 44.4 Å². The van der Waals surface area contributed by atoms with E-state index in [1.807, 2.05) is 0 Å².